The van der Waals surface area contributed by atoms with Crippen molar-refractivity contribution in [1.82, 2.24) is 10.2 Å². The van der Waals surface area contributed by atoms with E-state index in [1.165, 1.54) is 0 Å². The van der Waals surface area contributed by atoms with Crippen LogP contribution in [0.15, 0.2) is 0 Å². The molecule has 2 amide bonds. The van der Waals surface area contributed by atoms with Crippen LogP contribution < -0.4 is 5.32 Å². The Morgan fingerprint density at radius 2 is 1.79 bits per heavy atom. The van der Waals surface area contributed by atoms with Crippen LogP contribution in [0.1, 0.15) is 47.0 Å². The molecular formula is C15H26N2O2. The second kappa shape index (κ2) is 5.23. The van der Waals surface area contributed by atoms with Crippen LogP contribution in [0.5, 0.6) is 0 Å². The normalized spacial score (nSPS) is 31.3. The highest BCUT2D eigenvalue weighted by atomic mass is 16.2. The smallest absolute Gasteiger partial charge is 0.236 e. The Hall–Kier alpha value is -0.900. The molecule has 2 saturated heterocycles. The van der Waals surface area contributed by atoms with Crippen LogP contribution >= 0.6 is 0 Å². The number of rotatable bonds is 3. The predicted molar refractivity (Wildman–Crippen MR) is 74.5 cm³/mol. The molecule has 0 aromatic carbocycles. The minimum absolute atomic E-state index is 0.0206. The van der Waals surface area contributed by atoms with Crippen molar-refractivity contribution in [3.8, 4) is 0 Å². The van der Waals surface area contributed by atoms with E-state index >= 15 is 0 Å². The zero-order chi connectivity index (χ0) is 14.2. The highest BCUT2D eigenvalue weighted by Crippen LogP contribution is 2.41. The predicted octanol–water partition coefficient (Wildman–Crippen LogP) is 1.80. The van der Waals surface area contributed by atoms with Gasteiger partial charge in [-0.15, -0.1) is 0 Å². The van der Waals surface area contributed by atoms with E-state index in [9.17, 15) is 9.59 Å². The molecule has 2 unspecified atom stereocenters. The fourth-order valence-electron chi connectivity index (χ4n) is 3.26. The summed E-state index contributed by atoms with van der Waals surface area (Å²) in [5, 5.41) is 3.33. The molecule has 19 heavy (non-hydrogen) atoms. The molecule has 1 N–H and O–H groups in total. The molecule has 2 heterocycles. The first-order valence-corrected chi connectivity index (χ1v) is 7.45. The third kappa shape index (κ3) is 2.42. The van der Waals surface area contributed by atoms with Crippen molar-refractivity contribution in [2.75, 3.05) is 13.1 Å². The summed E-state index contributed by atoms with van der Waals surface area (Å²) in [6, 6.07) is 0.0441. The number of hydrogen-bond acceptors (Lipinski definition) is 3. The van der Waals surface area contributed by atoms with Crippen LogP contribution in [0.3, 0.4) is 0 Å². The van der Waals surface area contributed by atoms with Crippen molar-refractivity contribution in [3.63, 3.8) is 0 Å². The van der Waals surface area contributed by atoms with Crippen LogP contribution in [0, 0.1) is 17.3 Å². The summed E-state index contributed by atoms with van der Waals surface area (Å²) >= 11 is 0. The lowest BCUT2D eigenvalue weighted by Crippen LogP contribution is -2.47. The van der Waals surface area contributed by atoms with Crippen LogP contribution in [0.2, 0.25) is 0 Å². The number of nitrogens with zero attached hydrogens (tertiary/aromatic N) is 1. The summed E-state index contributed by atoms with van der Waals surface area (Å²) in [4.78, 5) is 26.5. The Labute approximate surface area is 115 Å². The molecule has 2 aliphatic heterocycles. The van der Waals surface area contributed by atoms with Gasteiger partial charge >= 0.3 is 0 Å². The standard InChI is InChI=1S/C15H26N2O2/c1-10(2)15(4)9-13(18)17(14(15)19)11(3)12-5-7-16-8-6-12/h10-12,16H,5-9H2,1-4H3. The van der Waals surface area contributed by atoms with Gasteiger partial charge in [-0.3, -0.25) is 14.5 Å². The molecule has 108 valence electrons. The summed E-state index contributed by atoms with van der Waals surface area (Å²) in [6.45, 7) is 10.0. The molecule has 2 aliphatic rings. The maximum Gasteiger partial charge on any atom is 0.236 e. The van der Waals surface area contributed by atoms with E-state index < -0.39 is 5.41 Å². The monoisotopic (exact) mass is 266 g/mol. The molecule has 0 bridgehead atoms. The lowest BCUT2D eigenvalue weighted by atomic mass is 9.77. The van der Waals surface area contributed by atoms with Crippen molar-refractivity contribution in [2.45, 2.75) is 53.0 Å². The quantitative estimate of drug-likeness (QED) is 0.792. The number of carbonyl (C=O) groups excluding carboxylic acids is 2. The van der Waals surface area contributed by atoms with Gasteiger partial charge in [-0.05, 0) is 51.6 Å². The number of carbonyl (C=O) groups is 2. The molecule has 0 aromatic rings. The summed E-state index contributed by atoms with van der Waals surface area (Å²) in [6.07, 6.45) is 2.48. The van der Waals surface area contributed by atoms with E-state index in [1.807, 2.05) is 27.7 Å². The summed E-state index contributed by atoms with van der Waals surface area (Å²) in [7, 11) is 0. The van der Waals surface area contributed by atoms with Gasteiger partial charge in [-0.25, -0.2) is 0 Å². The topological polar surface area (TPSA) is 49.4 Å². The van der Waals surface area contributed by atoms with E-state index in [1.54, 1.807) is 4.90 Å². The summed E-state index contributed by atoms with van der Waals surface area (Å²) in [5.41, 5.74) is -0.502. The fourth-order valence-corrected chi connectivity index (χ4v) is 3.26. The third-order valence-electron chi connectivity index (χ3n) is 5.24. The zero-order valence-corrected chi connectivity index (χ0v) is 12.5. The van der Waals surface area contributed by atoms with Gasteiger partial charge in [0.05, 0.1) is 5.41 Å². The molecule has 0 saturated carbocycles. The molecule has 0 spiro atoms. The fraction of sp³-hybridized carbons (Fsp3) is 0.867. The van der Waals surface area contributed by atoms with Gasteiger partial charge in [-0.2, -0.15) is 0 Å². The largest absolute Gasteiger partial charge is 0.317 e. The van der Waals surface area contributed by atoms with Crippen molar-refractivity contribution < 1.29 is 9.59 Å². The second-order valence-electron chi connectivity index (χ2n) is 6.65. The van der Waals surface area contributed by atoms with E-state index in [0.29, 0.717) is 12.3 Å². The lowest BCUT2D eigenvalue weighted by Gasteiger charge is -2.35. The molecule has 2 rings (SSSR count). The van der Waals surface area contributed by atoms with Crippen molar-refractivity contribution in [3.05, 3.63) is 0 Å². The SMILES string of the molecule is CC(C1CCNCC1)N1C(=O)CC(C)(C(C)C)C1=O. The minimum Gasteiger partial charge on any atom is -0.317 e. The van der Waals surface area contributed by atoms with Crippen LogP contribution in [0.4, 0.5) is 0 Å². The summed E-state index contributed by atoms with van der Waals surface area (Å²) in [5.74, 6) is 0.712. The molecule has 2 atom stereocenters. The maximum atomic E-state index is 12.7. The molecule has 4 heteroatoms. The number of nitrogens with one attached hydrogen (secondary N) is 1. The van der Waals surface area contributed by atoms with Gasteiger partial charge < -0.3 is 5.32 Å². The van der Waals surface area contributed by atoms with Crippen molar-refractivity contribution >= 4 is 11.8 Å². The first-order chi connectivity index (χ1) is 8.88. The number of hydrogen-bond donors (Lipinski definition) is 1. The maximum absolute atomic E-state index is 12.7. The van der Waals surface area contributed by atoms with Gasteiger partial charge in [0, 0.05) is 12.5 Å². The zero-order valence-electron chi connectivity index (χ0n) is 12.5. The van der Waals surface area contributed by atoms with Gasteiger partial charge in [-0.1, -0.05) is 13.8 Å². The number of piperidine rings is 1. The number of amides is 2. The highest BCUT2D eigenvalue weighted by molar-refractivity contribution is 6.06. The molecule has 0 aromatic heterocycles. The van der Waals surface area contributed by atoms with Crippen LogP contribution in [-0.2, 0) is 9.59 Å². The Balaban J connectivity index is 2.15. The molecule has 0 radical (unpaired) electrons. The Kier molecular flexibility index (Phi) is 4.00. The van der Waals surface area contributed by atoms with Gasteiger partial charge in [0.15, 0.2) is 0 Å². The third-order valence-corrected chi connectivity index (χ3v) is 5.24. The Morgan fingerprint density at radius 3 is 2.26 bits per heavy atom. The van der Waals surface area contributed by atoms with E-state index in [-0.39, 0.29) is 23.8 Å². The van der Waals surface area contributed by atoms with Crippen LogP contribution in [-0.4, -0.2) is 35.8 Å². The Morgan fingerprint density at radius 1 is 1.21 bits per heavy atom. The number of likely N-dealkylation sites (tertiary alicyclic amines) is 1. The van der Waals surface area contributed by atoms with E-state index in [0.717, 1.165) is 25.9 Å². The first-order valence-electron chi connectivity index (χ1n) is 7.45. The van der Waals surface area contributed by atoms with Gasteiger partial charge in [0.2, 0.25) is 11.8 Å². The van der Waals surface area contributed by atoms with Crippen molar-refractivity contribution in [2.24, 2.45) is 17.3 Å². The molecule has 4 nitrogen and oxygen atoms in total. The second-order valence-corrected chi connectivity index (χ2v) is 6.65. The Bertz CT molecular complexity index is 374. The first kappa shape index (κ1) is 14.5. The van der Waals surface area contributed by atoms with Crippen molar-refractivity contribution in [1.29, 1.82) is 0 Å². The highest BCUT2D eigenvalue weighted by Gasteiger charge is 2.52. The summed E-state index contributed by atoms with van der Waals surface area (Å²) < 4.78 is 0. The van der Waals surface area contributed by atoms with Crippen LogP contribution in [0.25, 0.3) is 0 Å². The van der Waals surface area contributed by atoms with Gasteiger partial charge in [0.25, 0.3) is 0 Å². The lowest BCUT2D eigenvalue weighted by molar-refractivity contribution is -0.145. The molecule has 0 aliphatic carbocycles. The molecular weight excluding hydrogens is 240 g/mol. The van der Waals surface area contributed by atoms with E-state index in [4.69, 9.17) is 0 Å². The molecule has 2 fully saturated rings. The minimum atomic E-state index is -0.502. The number of imide groups is 1. The average molecular weight is 266 g/mol. The average Bonchev–Trinajstić information content (AvgIpc) is 2.61. The van der Waals surface area contributed by atoms with E-state index in [2.05, 4.69) is 5.32 Å². The van der Waals surface area contributed by atoms with Gasteiger partial charge in [0.1, 0.15) is 0 Å².